The molecule has 4 rings (SSSR count). The van der Waals surface area contributed by atoms with Gasteiger partial charge in [-0.15, -0.1) is 0 Å². The number of hydrogen-bond donors (Lipinski definition) is 0. The molecule has 0 aliphatic heterocycles. The van der Waals surface area contributed by atoms with Crippen molar-refractivity contribution in [3.8, 4) is 0 Å². The Morgan fingerprint density at radius 1 is 0.543 bits per heavy atom. The van der Waals surface area contributed by atoms with Crippen LogP contribution in [0.1, 0.15) is 142 Å². The van der Waals surface area contributed by atoms with E-state index >= 15 is 0 Å². The first-order chi connectivity index (χ1) is 17.1. The van der Waals surface area contributed by atoms with Crippen molar-refractivity contribution in [1.29, 1.82) is 0 Å². The summed E-state index contributed by atoms with van der Waals surface area (Å²) in [4.78, 5) is 0. The zero-order valence-electron chi connectivity index (χ0n) is 23.6. The Balaban J connectivity index is 0.996. The number of hydrogen-bond acceptors (Lipinski definition) is 1. The summed E-state index contributed by atoms with van der Waals surface area (Å²) in [5, 5.41) is 0. The van der Waals surface area contributed by atoms with Crippen LogP contribution in [-0.2, 0) is 4.74 Å². The lowest BCUT2D eigenvalue weighted by Gasteiger charge is -2.28. The zero-order valence-corrected chi connectivity index (χ0v) is 23.6. The Hall–Kier alpha value is -0.560. The van der Waals surface area contributed by atoms with Crippen molar-refractivity contribution in [3.05, 3.63) is 23.3 Å². The van der Waals surface area contributed by atoms with Crippen LogP contribution < -0.4 is 0 Å². The van der Waals surface area contributed by atoms with Crippen molar-refractivity contribution in [2.45, 2.75) is 142 Å². The Bertz CT molecular complexity index is 588. The normalized spacial score (nSPS) is 34.3. The van der Waals surface area contributed by atoms with E-state index in [4.69, 9.17) is 4.74 Å². The SMILES string of the molecule is CC1CCC(CCC2CC=C(CCOCCC3=CCC(CCC4CCC(C)CC4)CC3)CC2)CC1. The minimum Gasteiger partial charge on any atom is -0.381 e. The van der Waals surface area contributed by atoms with Gasteiger partial charge in [-0.25, -0.2) is 0 Å². The van der Waals surface area contributed by atoms with Crippen LogP contribution in [0.5, 0.6) is 0 Å². The van der Waals surface area contributed by atoms with Crippen LogP contribution in [0.25, 0.3) is 0 Å². The topological polar surface area (TPSA) is 9.23 Å². The molecule has 2 fully saturated rings. The van der Waals surface area contributed by atoms with Crippen molar-refractivity contribution >= 4 is 0 Å². The summed E-state index contributed by atoms with van der Waals surface area (Å²) in [7, 11) is 0. The lowest BCUT2D eigenvalue weighted by molar-refractivity contribution is 0.138. The molecule has 0 radical (unpaired) electrons. The number of allylic oxidation sites excluding steroid dienone is 2. The molecular weight excluding hydrogens is 424 g/mol. The number of ether oxygens (including phenoxy) is 1. The second kappa shape index (κ2) is 15.0. The first kappa shape index (κ1) is 27.5. The molecule has 2 unspecified atom stereocenters. The maximum absolute atomic E-state index is 6.08. The molecule has 4 aliphatic carbocycles. The molecule has 1 nitrogen and oxygen atoms in total. The maximum atomic E-state index is 6.08. The molecule has 2 saturated carbocycles. The quantitative estimate of drug-likeness (QED) is 0.198. The van der Waals surface area contributed by atoms with Crippen LogP contribution in [0.15, 0.2) is 23.3 Å². The lowest BCUT2D eigenvalue weighted by atomic mass is 9.78. The first-order valence-corrected chi connectivity index (χ1v) is 16.1. The van der Waals surface area contributed by atoms with Crippen molar-refractivity contribution < 1.29 is 4.74 Å². The second-order valence-electron chi connectivity index (χ2n) is 13.5. The lowest BCUT2D eigenvalue weighted by Crippen LogP contribution is -2.15. The van der Waals surface area contributed by atoms with E-state index < -0.39 is 0 Å². The van der Waals surface area contributed by atoms with E-state index in [9.17, 15) is 0 Å². The van der Waals surface area contributed by atoms with Gasteiger partial charge in [-0.1, -0.05) is 101 Å². The monoisotopic (exact) mass is 482 g/mol. The van der Waals surface area contributed by atoms with Gasteiger partial charge in [-0.05, 0) is 99.7 Å². The smallest absolute Gasteiger partial charge is 0.0503 e. The average Bonchev–Trinajstić information content (AvgIpc) is 2.89. The predicted octanol–water partition coefficient (Wildman–Crippen LogP) is 10.4. The van der Waals surface area contributed by atoms with E-state index in [0.717, 1.165) is 48.7 Å². The van der Waals surface area contributed by atoms with Gasteiger partial charge in [0.1, 0.15) is 0 Å². The van der Waals surface area contributed by atoms with Crippen molar-refractivity contribution in [2.24, 2.45) is 35.5 Å². The molecule has 4 aliphatic rings. The van der Waals surface area contributed by atoms with Gasteiger partial charge in [0, 0.05) is 0 Å². The van der Waals surface area contributed by atoms with Crippen LogP contribution in [-0.4, -0.2) is 13.2 Å². The molecule has 0 aromatic rings. The molecule has 0 bridgehead atoms. The summed E-state index contributed by atoms with van der Waals surface area (Å²) < 4.78 is 6.08. The highest BCUT2D eigenvalue weighted by molar-refractivity contribution is 5.07. The fourth-order valence-electron chi connectivity index (χ4n) is 7.55. The van der Waals surface area contributed by atoms with Gasteiger partial charge in [0.25, 0.3) is 0 Å². The van der Waals surface area contributed by atoms with Gasteiger partial charge in [-0.3, -0.25) is 0 Å². The van der Waals surface area contributed by atoms with Crippen LogP contribution in [0.2, 0.25) is 0 Å². The standard InChI is InChI=1S/C34H58O/c1-27-3-7-29(8-4-27)11-13-31-15-19-33(20-16-31)23-25-35-26-24-34-21-17-32(18-22-34)14-12-30-9-5-28(2)6-10-30/h19,21,27-32H,3-18,20,22-26H2,1-2H3. The Morgan fingerprint density at radius 2 is 0.943 bits per heavy atom. The van der Waals surface area contributed by atoms with E-state index in [0.29, 0.717) is 0 Å². The maximum Gasteiger partial charge on any atom is 0.0503 e. The van der Waals surface area contributed by atoms with Gasteiger partial charge in [-0.2, -0.15) is 0 Å². The molecule has 200 valence electrons. The van der Waals surface area contributed by atoms with E-state index in [1.165, 1.54) is 128 Å². The van der Waals surface area contributed by atoms with Crippen molar-refractivity contribution in [2.75, 3.05) is 13.2 Å². The average molecular weight is 483 g/mol. The van der Waals surface area contributed by atoms with E-state index in [-0.39, 0.29) is 0 Å². The predicted molar refractivity (Wildman–Crippen MR) is 152 cm³/mol. The van der Waals surface area contributed by atoms with Crippen molar-refractivity contribution in [3.63, 3.8) is 0 Å². The third kappa shape index (κ3) is 10.0. The molecule has 1 heteroatoms. The van der Waals surface area contributed by atoms with Gasteiger partial charge >= 0.3 is 0 Å². The zero-order chi connectivity index (χ0) is 24.3. The minimum atomic E-state index is 0.937. The summed E-state index contributed by atoms with van der Waals surface area (Å²) in [6.07, 6.45) is 33.6. The fourth-order valence-corrected chi connectivity index (χ4v) is 7.55. The molecule has 35 heavy (non-hydrogen) atoms. The largest absolute Gasteiger partial charge is 0.381 e. The molecular formula is C34H58O. The summed E-state index contributed by atoms with van der Waals surface area (Å²) >= 11 is 0. The van der Waals surface area contributed by atoms with Gasteiger partial charge in [0.2, 0.25) is 0 Å². The van der Waals surface area contributed by atoms with Gasteiger partial charge in [0.05, 0.1) is 13.2 Å². The molecule has 0 saturated heterocycles. The highest BCUT2D eigenvalue weighted by atomic mass is 16.5. The third-order valence-electron chi connectivity index (χ3n) is 10.6. The molecule has 2 atom stereocenters. The summed E-state index contributed by atoms with van der Waals surface area (Å²) in [6, 6.07) is 0. The third-order valence-corrected chi connectivity index (χ3v) is 10.6. The van der Waals surface area contributed by atoms with Crippen LogP contribution in [0, 0.1) is 35.5 Å². The molecule has 0 aromatic heterocycles. The van der Waals surface area contributed by atoms with E-state index in [2.05, 4.69) is 26.0 Å². The van der Waals surface area contributed by atoms with Crippen molar-refractivity contribution in [1.82, 2.24) is 0 Å². The molecule has 0 amide bonds. The Morgan fingerprint density at radius 3 is 1.31 bits per heavy atom. The highest BCUT2D eigenvalue weighted by Crippen LogP contribution is 2.36. The summed E-state index contributed by atoms with van der Waals surface area (Å²) in [5.41, 5.74) is 3.36. The molecule has 0 spiro atoms. The minimum absolute atomic E-state index is 0.937. The fraction of sp³-hybridized carbons (Fsp3) is 0.882. The van der Waals surface area contributed by atoms with Crippen LogP contribution in [0.4, 0.5) is 0 Å². The van der Waals surface area contributed by atoms with Crippen LogP contribution in [0.3, 0.4) is 0 Å². The van der Waals surface area contributed by atoms with Crippen LogP contribution >= 0.6 is 0 Å². The van der Waals surface area contributed by atoms with E-state index in [1.807, 2.05) is 0 Å². The van der Waals surface area contributed by atoms with Gasteiger partial charge in [0.15, 0.2) is 0 Å². The first-order valence-electron chi connectivity index (χ1n) is 16.1. The van der Waals surface area contributed by atoms with E-state index in [1.54, 1.807) is 11.1 Å². The summed E-state index contributed by atoms with van der Waals surface area (Å²) in [6.45, 7) is 6.75. The molecule has 0 aromatic carbocycles. The molecule has 0 N–H and O–H groups in total. The number of rotatable bonds is 12. The summed E-state index contributed by atoms with van der Waals surface area (Å²) in [5.74, 6) is 6.00. The Kier molecular flexibility index (Phi) is 11.8. The van der Waals surface area contributed by atoms with Gasteiger partial charge < -0.3 is 4.74 Å². The second-order valence-corrected chi connectivity index (χ2v) is 13.5. The Labute approximate surface area is 218 Å². The molecule has 0 heterocycles. The highest BCUT2D eigenvalue weighted by Gasteiger charge is 2.22.